The molecule has 0 unspecified atom stereocenters. The highest BCUT2D eigenvalue weighted by Crippen LogP contribution is 2.37. The van der Waals surface area contributed by atoms with Gasteiger partial charge in [-0.05, 0) is 37.3 Å². The Balaban J connectivity index is 1.57. The topological polar surface area (TPSA) is 42.4 Å². The Kier molecular flexibility index (Phi) is 5.74. The van der Waals surface area contributed by atoms with E-state index in [4.69, 9.17) is 17.0 Å². The van der Waals surface area contributed by atoms with E-state index in [1.165, 1.54) is 11.8 Å². The van der Waals surface area contributed by atoms with E-state index in [1.807, 2.05) is 73.7 Å². The van der Waals surface area contributed by atoms with Crippen LogP contribution in [-0.4, -0.2) is 15.2 Å². The Morgan fingerprint density at radius 2 is 1.90 bits per heavy atom. The molecule has 1 fully saturated rings. The number of hydrogen-bond donors (Lipinski definition) is 0. The molecule has 1 aliphatic heterocycles. The number of pyridine rings is 1. The van der Waals surface area contributed by atoms with Gasteiger partial charge in [0.05, 0.1) is 10.6 Å². The van der Waals surface area contributed by atoms with Gasteiger partial charge < -0.3 is 4.74 Å². The van der Waals surface area contributed by atoms with E-state index in [0.717, 1.165) is 22.4 Å². The number of carbonyl (C=O) groups excluding carboxylic acids is 1. The standard InChI is InChI=1S/C23H18N2O2S2/c1-16-8-10-19(11-9-16)25-22(26)21(29-23(25)28)13-18-6-2-3-7-20(18)27-15-17-5-4-12-24-14-17/h2-14H,15H2,1H3/b21-13+. The normalized spacial score (nSPS) is 15.2. The molecule has 1 aromatic heterocycles. The number of anilines is 1. The Morgan fingerprint density at radius 3 is 2.66 bits per heavy atom. The third kappa shape index (κ3) is 4.39. The predicted molar refractivity (Wildman–Crippen MR) is 122 cm³/mol. The summed E-state index contributed by atoms with van der Waals surface area (Å²) in [4.78, 5) is 19.3. The second-order valence-electron chi connectivity index (χ2n) is 6.54. The monoisotopic (exact) mass is 418 g/mol. The van der Waals surface area contributed by atoms with Crippen molar-refractivity contribution < 1.29 is 9.53 Å². The number of rotatable bonds is 5. The van der Waals surface area contributed by atoms with Crippen LogP contribution in [-0.2, 0) is 11.4 Å². The van der Waals surface area contributed by atoms with Crippen LogP contribution in [0.3, 0.4) is 0 Å². The summed E-state index contributed by atoms with van der Waals surface area (Å²) in [6, 6.07) is 19.3. The van der Waals surface area contributed by atoms with Crippen LogP contribution in [0.1, 0.15) is 16.7 Å². The van der Waals surface area contributed by atoms with Crippen LogP contribution in [0.2, 0.25) is 0 Å². The van der Waals surface area contributed by atoms with Gasteiger partial charge in [-0.1, -0.05) is 65.9 Å². The fourth-order valence-electron chi connectivity index (χ4n) is 2.90. The molecule has 0 aliphatic carbocycles. The summed E-state index contributed by atoms with van der Waals surface area (Å²) >= 11 is 6.76. The zero-order valence-corrected chi connectivity index (χ0v) is 17.4. The Bertz CT molecular complexity index is 1080. The summed E-state index contributed by atoms with van der Waals surface area (Å²) in [6.45, 7) is 2.42. The summed E-state index contributed by atoms with van der Waals surface area (Å²) in [5.41, 5.74) is 3.73. The molecule has 4 rings (SSSR count). The van der Waals surface area contributed by atoms with Gasteiger partial charge in [-0.15, -0.1) is 0 Å². The molecule has 4 nitrogen and oxygen atoms in total. The minimum Gasteiger partial charge on any atom is -0.488 e. The number of thiocarbonyl (C=S) groups is 1. The molecule has 0 saturated carbocycles. The fourth-order valence-corrected chi connectivity index (χ4v) is 4.19. The number of hydrogen-bond acceptors (Lipinski definition) is 5. The van der Waals surface area contributed by atoms with Gasteiger partial charge in [-0.2, -0.15) is 0 Å². The van der Waals surface area contributed by atoms with Crippen LogP contribution in [0.5, 0.6) is 5.75 Å². The first-order valence-electron chi connectivity index (χ1n) is 9.07. The van der Waals surface area contributed by atoms with Crippen LogP contribution in [0.4, 0.5) is 5.69 Å². The summed E-state index contributed by atoms with van der Waals surface area (Å²) in [5.74, 6) is 0.586. The number of ether oxygens (including phenoxy) is 1. The van der Waals surface area contributed by atoms with Crippen LogP contribution in [0.15, 0.2) is 78.0 Å². The number of aromatic nitrogens is 1. The minimum absolute atomic E-state index is 0.120. The highest BCUT2D eigenvalue weighted by Gasteiger charge is 2.33. The number of carbonyl (C=O) groups is 1. The number of amides is 1. The van der Waals surface area contributed by atoms with Gasteiger partial charge in [0.25, 0.3) is 5.91 Å². The van der Waals surface area contributed by atoms with Gasteiger partial charge in [-0.25, -0.2) is 0 Å². The Hall–Kier alpha value is -2.96. The maximum atomic E-state index is 13.0. The van der Waals surface area contributed by atoms with Crippen LogP contribution in [0, 0.1) is 6.92 Å². The second-order valence-corrected chi connectivity index (χ2v) is 8.22. The molecular formula is C23H18N2O2S2. The van der Waals surface area contributed by atoms with Gasteiger partial charge in [-0.3, -0.25) is 14.7 Å². The van der Waals surface area contributed by atoms with Crippen molar-refractivity contribution >= 4 is 46.0 Å². The molecule has 3 aromatic rings. The molecule has 0 radical (unpaired) electrons. The van der Waals surface area contributed by atoms with E-state index in [2.05, 4.69) is 4.98 Å². The number of aryl methyl sites for hydroxylation is 1. The van der Waals surface area contributed by atoms with E-state index in [1.54, 1.807) is 17.3 Å². The number of benzene rings is 2. The van der Waals surface area contributed by atoms with Crippen molar-refractivity contribution in [3.63, 3.8) is 0 Å². The van der Waals surface area contributed by atoms with Gasteiger partial charge in [0.2, 0.25) is 0 Å². The molecule has 1 saturated heterocycles. The lowest BCUT2D eigenvalue weighted by atomic mass is 10.1. The molecule has 2 heterocycles. The van der Waals surface area contributed by atoms with Crippen molar-refractivity contribution in [2.45, 2.75) is 13.5 Å². The van der Waals surface area contributed by atoms with Crippen molar-refractivity contribution in [2.24, 2.45) is 0 Å². The number of para-hydroxylation sites is 1. The third-order valence-electron chi connectivity index (χ3n) is 4.41. The lowest BCUT2D eigenvalue weighted by Gasteiger charge is -2.14. The van der Waals surface area contributed by atoms with Gasteiger partial charge in [0.1, 0.15) is 12.4 Å². The quantitative estimate of drug-likeness (QED) is 0.411. The molecule has 1 aliphatic rings. The molecule has 1 amide bonds. The van der Waals surface area contributed by atoms with Gasteiger partial charge >= 0.3 is 0 Å². The molecule has 6 heteroatoms. The van der Waals surface area contributed by atoms with Crippen molar-refractivity contribution in [3.05, 3.63) is 94.7 Å². The lowest BCUT2D eigenvalue weighted by Crippen LogP contribution is -2.27. The average molecular weight is 419 g/mol. The maximum absolute atomic E-state index is 13.0. The second kappa shape index (κ2) is 8.59. The van der Waals surface area contributed by atoms with E-state index < -0.39 is 0 Å². The Morgan fingerprint density at radius 1 is 1.10 bits per heavy atom. The summed E-state index contributed by atoms with van der Waals surface area (Å²) in [6.07, 6.45) is 5.34. The zero-order chi connectivity index (χ0) is 20.2. The molecule has 0 N–H and O–H groups in total. The predicted octanol–water partition coefficient (Wildman–Crippen LogP) is 5.37. The average Bonchev–Trinajstić information content (AvgIpc) is 3.02. The van der Waals surface area contributed by atoms with Crippen molar-refractivity contribution in [1.82, 2.24) is 4.98 Å². The van der Waals surface area contributed by atoms with Crippen LogP contribution >= 0.6 is 24.0 Å². The van der Waals surface area contributed by atoms with Crippen LogP contribution < -0.4 is 9.64 Å². The lowest BCUT2D eigenvalue weighted by molar-refractivity contribution is -0.113. The van der Waals surface area contributed by atoms with Crippen molar-refractivity contribution in [3.8, 4) is 5.75 Å². The Labute approximate surface area is 179 Å². The smallest absolute Gasteiger partial charge is 0.270 e. The number of nitrogens with zero attached hydrogens (tertiary/aromatic N) is 2. The van der Waals surface area contributed by atoms with E-state index in [0.29, 0.717) is 21.6 Å². The van der Waals surface area contributed by atoms with Gasteiger partial charge in [0.15, 0.2) is 4.32 Å². The van der Waals surface area contributed by atoms with Crippen LogP contribution in [0.25, 0.3) is 6.08 Å². The zero-order valence-electron chi connectivity index (χ0n) is 15.7. The van der Waals surface area contributed by atoms with E-state index >= 15 is 0 Å². The summed E-state index contributed by atoms with van der Waals surface area (Å²) in [7, 11) is 0. The fraction of sp³-hybridized carbons (Fsp3) is 0.0870. The van der Waals surface area contributed by atoms with Crippen molar-refractivity contribution in [1.29, 1.82) is 0 Å². The first kappa shape index (κ1) is 19.4. The molecule has 0 spiro atoms. The molecular weight excluding hydrogens is 400 g/mol. The molecule has 0 bridgehead atoms. The molecule has 2 aromatic carbocycles. The van der Waals surface area contributed by atoms with Crippen molar-refractivity contribution in [2.75, 3.05) is 4.90 Å². The maximum Gasteiger partial charge on any atom is 0.270 e. The SMILES string of the molecule is Cc1ccc(N2C(=O)/C(=C\c3ccccc3OCc3cccnc3)SC2=S)cc1. The highest BCUT2D eigenvalue weighted by atomic mass is 32.2. The number of thioether (sulfide) groups is 1. The summed E-state index contributed by atoms with van der Waals surface area (Å²) < 4.78 is 6.50. The molecule has 144 valence electrons. The third-order valence-corrected chi connectivity index (χ3v) is 5.71. The largest absolute Gasteiger partial charge is 0.488 e. The first-order valence-corrected chi connectivity index (χ1v) is 10.3. The highest BCUT2D eigenvalue weighted by molar-refractivity contribution is 8.27. The summed E-state index contributed by atoms with van der Waals surface area (Å²) in [5, 5.41) is 0. The van der Waals surface area contributed by atoms with E-state index in [-0.39, 0.29) is 5.91 Å². The van der Waals surface area contributed by atoms with Gasteiger partial charge in [0, 0.05) is 23.5 Å². The first-order chi connectivity index (χ1) is 14.1. The van der Waals surface area contributed by atoms with E-state index in [9.17, 15) is 4.79 Å². The minimum atomic E-state index is -0.120. The molecule has 29 heavy (non-hydrogen) atoms. The molecule has 0 atom stereocenters.